The maximum atomic E-state index is 13.2. The Morgan fingerprint density at radius 2 is 1.98 bits per heavy atom. The number of carbonyl (C=O) groups excluding carboxylic acids is 1. The zero-order valence-corrected chi connectivity index (χ0v) is 27.0. The van der Waals surface area contributed by atoms with E-state index in [1.165, 1.54) is 17.3 Å². The smallest absolute Gasteiger partial charge is 0.246 e. The van der Waals surface area contributed by atoms with Crippen molar-refractivity contribution in [2.24, 2.45) is 5.92 Å². The highest BCUT2D eigenvalue weighted by Gasteiger charge is 2.46. The van der Waals surface area contributed by atoms with Crippen molar-refractivity contribution in [2.45, 2.75) is 76.7 Å². The Labute approximate surface area is 256 Å². The summed E-state index contributed by atoms with van der Waals surface area (Å²) in [5.41, 5.74) is 5.68. The Morgan fingerprint density at radius 1 is 1.24 bits per heavy atom. The molecule has 0 bridgehead atoms. The summed E-state index contributed by atoms with van der Waals surface area (Å²) in [4.78, 5) is 24.7. The summed E-state index contributed by atoms with van der Waals surface area (Å²) in [5.74, 6) is 2.49. The third-order valence-corrected chi connectivity index (χ3v) is 10.1. The van der Waals surface area contributed by atoms with Crippen LogP contribution in [0.5, 0.6) is 5.75 Å². The number of aromatic nitrogens is 2. The number of hydrazine groups is 1. The van der Waals surface area contributed by atoms with Crippen molar-refractivity contribution in [1.29, 1.82) is 0 Å². The third-order valence-electron chi connectivity index (χ3n) is 8.22. The molecule has 0 amide bonds. The van der Waals surface area contributed by atoms with E-state index in [1.54, 1.807) is 39.0 Å². The highest BCUT2D eigenvalue weighted by molar-refractivity contribution is 8.01. The molecule has 1 saturated carbocycles. The second-order valence-electron chi connectivity index (χ2n) is 12.3. The zero-order chi connectivity index (χ0) is 30.3. The normalized spacial score (nSPS) is 25.4. The van der Waals surface area contributed by atoms with Crippen molar-refractivity contribution >= 4 is 45.0 Å². The summed E-state index contributed by atoms with van der Waals surface area (Å²) in [6.45, 7) is 11.9. The van der Waals surface area contributed by atoms with Crippen LogP contribution in [-0.2, 0) is 15.6 Å². The van der Waals surface area contributed by atoms with Crippen LogP contribution < -0.4 is 20.8 Å². The van der Waals surface area contributed by atoms with E-state index < -0.39 is 21.5 Å². The minimum Gasteiger partial charge on any atom is -0.488 e. The molecule has 2 aromatic rings. The van der Waals surface area contributed by atoms with Crippen molar-refractivity contribution in [3.63, 3.8) is 0 Å². The van der Waals surface area contributed by atoms with Crippen molar-refractivity contribution < 1.29 is 13.7 Å². The van der Waals surface area contributed by atoms with Crippen molar-refractivity contribution in [1.82, 2.24) is 25.3 Å². The average Bonchev–Trinajstić information content (AvgIpc) is 3.69. The zero-order valence-electron chi connectivity index (χ0n) is 25.5. The Bertz CT molecular complexity index is 1420. The lowest BCUT2D eigenvalue weighted by molar-refractivity contribution is -0.116. The minimum absolute atomic E-state index is 0.227. The van der Waals surface area contributed by atoms with Gasteiger partial charge in [0.05, 0.1) is 34.5 Å². The predicted molar refractivity (Wildman–Crippen MR) is 168 cm³/mol. The molecular formula is C30H42ClN7O3S. The van der Waals surface area contributed by atoms with Gasteiger partial charge in [0.25, 0.3) is 0 Å². The molecule has 2 fully saturated rings. The Kier molecular flexibility index (Phi) is 8.85. The fourth-order valence-electron chi connectivity index (χ4n) is 5.74. The molecule has 1 aliphatic carbocycles. The van der Waals surface area contributed by atoms with Crippen LogP contribution >= 0.6 is 11.6 Å². The van der Waals surface area contributed by atoms with Crippen molar-refractivity contribution in [2.75, 3.05) is 37.8 Å². The molecule has 0 radical (unpaired) electrons. The summed E-state index contributed by atoms with van der Waals surface area (Å²) in [5, 5.41) is 7.76. The number of nitrogens with zero attached hydrogens (tertiary/aromatic N) is 4. The maximum Gasteiger partial charge on any atom is 0.246 e. The van der Waals surface area contributed by atoms with Gasteiger partial charge in [-0.05, 0) is 81.8 Å². The van der Waals surface area contributed by atoms with E-state index in [-0.39, 0.29) is 16.4 Å². The number of hydrogen-bond donors (Lipinski definition) is 3. The Balaban J connectivity index is 1.42. The van der Waals surface area contributed by atoms with Crippen LogP contribution in [0.1, 0.15) is 64.0 Å². The second-order valence-corrected chi connectivity index (χ2v) is 14.6. The third kappa shape index (κ3) is 6.44. The van der Waals surface area contributed by atoms with Crippen LogP contribution in [0.4, 0.5) is 17.5 Å². The molecule has 4 unspecified atom stereocenters. The number of piperidine rings is 1. The summed E-state index contributed by atoms with van der Waals surface area (Å²) >= 11 is 6.51. The maximum absolute atomic E-state index is 13.2. The molecule has 0 spiro atoms. The molecule has 2 aliphatic heterocycles. The molecule has 1 aromatic heterocycles. The van der Waals surface area contributed by atoms with Gasteiger partial charge in [0, 0.05) is 25.0 Å². The first-order chi connectivity index (χ1) is 19.9. The molecule has 1 aromatic carbocycles. The molecular weight excluding hydrogens is 574 g/mol. The van der Waals surface area contributed by atoms with Gasteiger partial charge >= 0.3 is 0 Å². The lowest BCUT2D eigenvalue weighted by Gasteiger charge is -2.36. The molecule has 3 aliphatic rings. The van der Waals surface area contributed by atoms with E-state index in [2.05, 4.69) is 64.0 Å². The number of rotatable bonds is 9. The van der Waals surface area contributed by atoms with Crippen molar-refractivity contribution in [3.8, 4) is 5.75 Å². The number of ether oxygens (including phenoxy) is 1. The molecule has 4 atom stereocenters. The average molecular weight is 616 g/mol. The monoisotopic (exact) mass is 615 g/mol. The molecule has 3 N–H and O–H groups in total. The van der Waals surface area contributed by atoms with E-state index in [4.69, 9.17) is 16.3 Å². The summed E-state index contributed by atoms with van der Waals surface area (Å²) in [6, 6.07) is 4.33. The summed E-state index contributed by atoms with van der Waals surface area (Å²) in [6.07, 6.45) is 6.69. The van der Waals surface area contributed by atoms with Crippen LogP contribution in [-0.4, -0.2) is 73.3 Å². The highest BCUT2D eigenvalue weighted by Crippen LogP contribution is 2.41. The minimum atomic E-state index is -1.69. The SMILES string of the molecule is Cc1cc(Nc2ncc(Cl)c(NC3=CN(C)NC3(C)C(=O)S(=O)C(C)C)n2)c(OC2CC2)cc1C1CCN(C)CC1C. The molecule has 3 heterocycles. The van der Waals surface area contributed by atoms with Gasteiger partial charge in [0.2, 0.25) is 11.1 Å². The Morgan fingerprint density at radius 3 is 2.64 bits per heavy atom. The van der Waals surface area contributed by atoms with Gasteiger partial charge in [0.1, 0.15) is 16.3 Å². The van der Waals surface area contributed by atoms with E-state index in [9.17, 15) is 9.00 Å². The van der Waals surface area contributed by atoms with Crippen LogP contribution in [0, 0.1) is 12.8 Å². The first-order valence-electron chi connectivity index (χ1n) is 14.6. The van der Waals surface area contributed by atoms with Gasteiger partial charge < -0.3 is 25.3 Å². The van der Waals surface area contributed by atoms with Gasteiger partial charge in [-0.3, -0.25) is 9.00 Å². The highest BCUT2D eigenvalue weighted by atomic mass is 35.5. The van der Waals surface area contributed by atoms with Gasteiger partial charge in [-0.25, -0.2) is 10.4 Å². The van der Waals surface area contributed by atoms with Gasteiger partial charge in [-0.1, -0.05) is 32.4 Å². The van der Waals surface area contributed by atoms with Gasteiger partial charge in [0.15, 0.2) is 5.82 Å². The number of likely N-dealkylation sites (tertiary alicyclic amines) is 1. The molecule has 12 heteroatoms. The lowest BCUT2D eigenvalue weighted by Crippen LogP contribution is -2.54. The van der Waals surface area contributed by atoms with Gasteiger partial charge in [-0.2, -0.15) is 4.98 Å². The van der Waals surface area contributed by atoms with E-state index in [1.807, 2.05) is 0 Å². The summed E-state index contributed by atoms with van der Waals surface area (Å²) in [7, 11) is 2.27. The van der Waals surface area contributed by atoms with Crippen molar-refractivity contribution in [3.05, 3.63) is 46.4 Å². The lowest BCUT2D eigenvalue weighted by atomic mass is 9.80. The van der Waals surface area contributed by atoms with Gasteiger partial charge in [-0.15, -0.1) is 0 Å². The fraction of sp³-hybridized carbons (Fsp3) is 0.567. The predicted octanol–water partition coefficient (Wildman–Crippen LogP) is 4.92. The first-order valence-corrected chi connectivity index (χ1v) is 16.2. The van der Waals surface area contributed by atoms with E-state index in [0.29, 0.717) is 29.3 Å². The number of carbonyl (C=O) groups is 1. The first kappa shape index (κ1) is 30.7. The number of hydrogen-bond acceptors (Lipinski definition) is 10. The largest absolute Gasteiger partial charge is 0.488 e. The van der Waals surface area contributed by atoms with E-state index >= 15 is 0 Å². The fourth-order valence-corrected chi connectivity index (χ4v) is 6.86. The topological polar surface area (TPSA) is 112 Å². The number of anilines is 3. The van der Waals surface area contributed by atoms with E-state index in [0.717, 1.165) is 43.8 Å². The quantitative estimate of drug-likeness (QED) is 0.359. The van der Waals surface area contributed by atoms with Crippen LogP contribution in [0.15, 0.2) is 30.2 Å². The summed E-state index contributed by atoms with van der Waals surface area (Å²) < 4.78 is 19.1. The number of benzene rings is 1. The molecule has 10 nitrogen and oxygen atoms in total. The van der Waals surface area contributed by atoms with Crippen LogP contribution in [0.2, 0.25) is 5.02 Å². The molecule has 228 valence electrons. The number of aryl methyl sites for hydroxylation is 1. The Hall–Kier alpha value is -2.73. The number of nitrogens with one attached hydrogen (secondary N) is 3. The number of halogens is 1. The molecule has 1 saturated heterocycles. The van der Waals surface area contributed by atoms with Crippen LogP contribution in [0.3, 0.4) is 0 Å². The molecule has 42 heavy (non-hydrogen) atoms. The molecule has 5 rings (SSSR count). The second kappa shape index (κ2) is 12.1. The van der Waals surface area contributed by atoms with Crippen LogP contribution in [0.25, 0.3) is 0 Å². The standard InChI is InChI=1S/C30H42ClN7O3S/c1-17(2)42(40)28(39)30(5)26(16-38(7)36-30)34-27-23(31)14-32-29(35-27)33-24-12-18(3)22(13-25(24)41-20-8-9-20)21-10-11-37(6)15-19(21)4/h12-14,16-17,19-21,36H,8-11,15H2,1-7H3,(H2,32,33,34,35).